The SMILES string of the molecule is CN(N)CC(O)C1CC1. The summed E-state index contributed by atoms with van der Waals surface area (Å²) in [6.07, 6.45) is 2.16. The van der Waals surface area contributed by atoms with Gasteiger partial charge in [0.25, 0.3) is 0 Å². The van der Waals surface area contributed by atoms with E-state index in [9.17, 15) is 5.11 Å². The van der Waals surface area contributed by atoms with E-state index in [1.165, 1.54) is 17.9 Å². The molecule has 1 rings (SSSR count). The van der Waals surface area contributed by atoms with Gasteiger partial charge in [0, 0.05) is 13.6 Å². The third kappa shape index (κ3) is 2.30. The Morgan fingerprint density at radius 3 is 2.67 bits per heavy atom. The molecular weight excluding hydrogens is 116 g/mol. The molecular formula is C6H14N2O. The zero-order valence-corrected chi connectivity index (χ0v) is 5.75. The molecule has 1 fully saturated rings. The molecule has 3 N–H and O–H groups in total. The van der Waals surface area contributed by atoms with Crippen molar-refractivity contribution < 1.29 is 5.11 Å². The number of hydrogen-bond acceptors (Lipinski definition) is 3. The summed E-state index contributed by atoms with van der Waals surface area (Å²) in [6.45, 7) is 0.602. The Labute approximate surface area is 55.4 Å². The maximum absolute atomic E-state index is 9.24. The third-order valence-corrected chi connectivity index (χ3v) is 1.64. The van der Waals surface area contributed by atoms with Gasteiger partial charge in [-0.05, 0) is 18.8 Å². The lowest BCUT2D eigenvalue weighted by atomic mass is 10.2. The molecule has 0 radical (unpaired) electrons. The lowest BCUT2D eigenvalue weighted by molar-refractivity contribution is 0.107. The molecule has 0 aromatic carbocycles. The van der Waals surface area contributed by atoms with Crippen LogP contribution in [-0.2, 0) is 0 Å². The molecule has 0 aromatic heterocycles. The summed E-state index contributed by atoms with van der Waals surface area (Å²) in [7, 11) is 1.77. The highest BCUT2D eigenvalue weighted by Gasteiger charge is 2.29. The van der Waals surface area contributed by atoms with Gasteiger partial charge in [-0.2, -0.15) is 0 Å². The van der Waals surface area contributed by atoms with Crippen molar-refractivity contribution in [2.24, 2.45) is 11.8 Å². The number of hydrogen-bond donors (Lipinski definition) is 2. The first-order valence-electron chi connectivity index (χ1n) is 3.34. The quantitative estimate of drug-likeness (QED) is 0.402. The fraction of sp³-hybridized carbons (Fsp3) is 1.00. The Hall–Kier alpha value is -0.120. The van der Waals surface area contributed by atoms with Gasteiger partial charge in [0.15, 0.2) is 0 Å². The van der Waals surface area contributed by atoms with Crippen molar-refractivity contribution in [1.82, 2.24) is 5.01 Å². The van der Waals surface area contributed by atoms with Crippen LogP contribution in [0.1, 0.15) is 12.8 Å². The highest BCUT2D eigenvalue weighted by Crippen LogP contribution is 2.32. The highest BCUT2D eigenvalue weighted by molar-refractivity contribution is 4.81. The van der Waals surface area contributed by atoms with Crippen LogP contribution in [0, 0.1) is 5.92 Å². The first kappa shape index (κ1) is 6.99. The average Bonchev–Trinajstić information content (AvgIpc) is 2.40. The van der Waals surface area contributed by atoms with E-state index in [0.717, 1.165) is 0 Å². The summed E-state index contributed by atoms with van der Waals surface area (Å²) < 4.78 is 0. The van der Waals surface area contributed by atoms with Gasteiger partial charge in [-0.15, -0.1) is 0 Å². The topological polar surface area (TPSA) is 49.5 Å². The summed E-state index contributed by atoms with van der Waals surface area (Å²) in [5.41, 5.74) is 0. The summed E-state index contributed by atoms with van der Waals surface area (Å²) >= 11 is 0. The van der Waals surface area contributed by atoms with Crippen LogP contribution >= 0.6 is 0 Å². The van der Waals surface area contributed by atoms with Gasteiger partial charge in [-0.3, -0.25) is 5.84 Å². The minimum atomic E-state index is -0.194. The van der Waals surface area contributed by atoms with E-state index in [4.69, 9.17) is 5.84 Å². The largest absolute Gasteiger partial charge is 0.391 e. The Balaban J connectivity index is 2.10. The second kappa shape index (κ2) is 2.64. The van der Waals surface area contributed by atoms with Crippen molar-refractivity contribution in [2.75, 3.05) is 13.6 Å². The van der Waals surface area contributed by atoms with Crippen LogP contribution < -0.4 is 5.84 Å². The molecule has 9 heavy (non-hydrogen) atoms. The second-order valence-corrected chi connectivity index (χ2v) is 2.84. The van der Waals surface area contributed by atoms with Crippen LogP contribution in [0.4, 0.5) is 0 Å². The molecule has 1 unspecified atom stereocenters. The number of nitrogens with zero attached hydrogens (tertiary/aromatic N) is 1. The smallest absolute Gasteiger partial charge is 0.0709 e. The molecule has 0 bridgehead atoms. The van der Waals surface area contributed by atoms with Crippen LogP contribution in [0.2, 0.25) is 0 Å². The fourth-order valence-corrected chi connectivity index (χ4v) is 0.925. The molecule has 54 valence electrons. The van der Waals surface area contributed by atoms with E-state index in [1.54, 1.807) is 7.05 Å². The molecule has 0 saturated heterocycles. The van der Waals surface area contributed by atoms with E-state index in [1.807, 2.05) is 0 Å². The Morgan fingerprint density at radius 1 is 1.78 bits per heavy atom. The summed E-state index contributed by atoms with van der Waals surface area (Å²) in [5, 5.41) is 10.8. The predicted octanol–water partition coefficient (Wildman–Crippen LogP) is -0.437. The summed E-state index contributed by atoms with van der Waals surface area (Å²) in [5.74, 6) is 5.87. The predicted molar refractivity (Wildman–Crippen MR) is 35.5 cm³/mol. The third-order valence-electron chi connectivity index (χ3n) is 1.64. The van der Waals surface area contributed by atoms with Crippen LogP contribution in [0.15, 0.2) is 0 Å². The zero-order chi connectivity index (χ0) is 6.85. The average molecular weight is 130 g/mol. The van der Waals surface area contributed by atoms with Gasteiger partial charge in [-0.25, -0.2) is 5.01 Å². The van der Waals surface area contributed by atoms with Crippen molar-refractivity contribution in [3.63, 3.8) is 0 Å². The number of hydrazine groups is 1. The lowest BCUT2D eigenvalue weighted by Crippen LogP contribution is -2.35. The number of rotatable bonds is 3. The van der Waals surface area contributed by atoms with Crippen molar-refractivity contribution >= 4 is 0 Å². The monoisotopic (exact) mass is 130 g/mol. The fourth-order valence-electron chi connectivity index (χ4n) is 0.925. The van der Waals surface area contributed by atoms with Gasteiger partial charge < -0.3 is 5.11 Å². The lowest BCUT2D eigenvalue weighted by Gasteiger charge is -2.14. The number of aliphatic hydroxyl groups excluding tert-OH is 1. The summed E-state index contributed by atoms with van der Waals surface area (Å²) in [6, 6.07) is 0. The molecule has 0 spiro atoms. The second-order valence-electron chi connectivity index (χ2n) is 2.84. The highest BCUT2D eigenvalue weighted by atomic mass is 16.3. The normalized spacial score (nSPS) is 22.7. The molecule has 0 aromatic rings. The van der Waals surface area contributed by atoms with Crippen LogP contribution in [0.3, 0.4) is 0 Å². The number of nitrogens with two attached hydrogens (primary N) is 1. The van der Waals surface area contributed by atoms with Crippen molar-refractivity contribution in [1.29, 1.82) is 0 Å². The Kier molecular flexibility index (Phi) is 2.05. The van der Waals surface area contributed by atoms with Crippen molar-refractivity contribution in [2.45, 2.75) is 18.9 Å². The number of aliphatic hydroxyl groups is 1. The van der Waals surface area contributed by atoms with Gasteiger partial charge in [0.05, 0.1) is 6.10 Å². The Bertz CT molecular complexity index is 91.1. The van der Waals surface area contributed by atoms with Gasteiger partial charge in [0.1, 0.15) is 0 Å². The first-order chi connectivity index (χ1) is 4.20. The maximum atomic E-state index is 9.24. The molecule has 0 aliphatic heterocycles. The molecule has 0 heterocycles. The summed E-state index contributed by atoms with van der Waals surface area (Å²) in [4.78, 5) is 0. The van der Waals surface area contributed by atoms with E-state index < -0.39 is 0 Å². The van der Waals surface area contributed by atoms with Gasteiger partial charge >= 0.3 is 0 Å². The molecule has 3 nitrogen and oxygen atoms in total. The molecule has 1 saturated carbocycles. The molecule has 0 amide bonds. The van der Waals surface area contributed by atoms with Crippen LogP contribution in [0.5, 0.6) is 0 Å². The van der Waals surface area contributed by atoms with Crippen LogP contribution in [-0.4, -0.2) is 29.8 Å². The zero-order valence-electron chi connectivity index (χ0n) is 5.75. The molecule has 3 heteroatoms. The van der Waals surface area contributed by atoms with Crippen LogP contribution in [0.25, 0.3) is 0 Å². The van der Waals surface area contributed by atoms with E-state index in [0.29, 0.717) is 12.5 Å². The van der Waals surface area contributed by atoms with Gasteiger partial charge in [0.2, 0.25) is 0 Å². The molecule has 1 aliphatic rings. The van der Waals surface area contributed by atoms with E-state index in [2.05, 4.69) is 0 Å². The Morgan fingerprint density at radius 2 is 2.33 bits per heavy atom. The standard InChI is InChI=1S/C6H14N2O/c1-8(7)4-6(9)5-2-3-5/h5-6,9H,2-4,7H2,1H3. The van der Waals surface area contributed by atoms with Gasteiger partial charge in [-0.1, -0.05) is 0 Å². The van der Waals surface area contributed by atoms with E-state index >= 15 is 0 Å². The number of likely N-dealkylation sites (N-methyl/N-ethyl adjacent to an activating group) is 1. The first-order valence-corrected chi connectivity index (χ1v) is 3.34. The van der Waals surface area contributed by atoms with Crippen molar-refractivity contribution in [3.05, 3.63) is 0 Å². The molecule has 1 aliphatic carbocycles. The van der Waals surface area contributed by atoms with Crippen molar-refractivity contribution in [3.8, 4) is 0 Å². The minimum Gasteiger partial charge on any atom is -0.391 e. The molecule has 1 atom stereocenters. The maximum Gasteiger partial charge on any atom is 0.0709 e. The van der Waals surface area contributed by atoms with E-state index in [-0.39, 0.29) is 6.10 Å². The minimum absolute atomic E-state index is 0.194.